The Hall–Kier alpha value is -0.710. The molecule has 0 aromatic heterocycles. The molecule has 5 heteroatoms. The number of carbonyl (C=O) groups excluding carboxylic acids is 2. The van der Waals surface area contributed by atoms with Gasteiger partial charge in [0.15, 0.2) is 5.37 Å². The Morgan fingerprint density at radius 2 is 1.92 bits per heavy atom. The van der Waals surface area contributed by atoms with Crippen LogP contribution in [0, 0.1) is 0 Å². The number of carbonyl (C=O) groups is 2. The van der Waals surface area contributed by atoms with Crippen LogP contribution in [-0.4, -0.2) is 40.2 Å². The molecular formula is C7H12N2O2S. The number of thiol groups is 1. The molecule has 1 heterocycles. The van der Waals surface area contributed by atoms with Crippen molar-refractivity contribution in [3.05, 3.63) is 0 Å². The van der Waals surface area contributed by atoms with Crippen molar-refractivity contribution in [3.8, 4) is 0 Å². The van der Waals surface area contributed by atoms with Crippen molar-refractivity contribution >= 4 is 24.6 Å². The fourth-order valence-corrected chi connectivity index (χ4v) is 1.63. The Bertz CT molecular complexity index is 219. The second-order valence-electron chi connectivity index (χ2n) is 2.52. The van der Waals surface area contributed by atoms with Crippen LogP contribution in [-0.2, 0) is 4.79 Å². The monoisotopic (exact) mass is 188 g/mol. The molecule has 1 saturated heterocycles. The van der Waals surface area contributed by atoms with Crippen molar-refractivity contribution in [2.24, 2.45) is 0 Å². The van der Waals surface area contributed by atoms with E-state index in [4.69, 9.17) is 0 Å². The molecule has 0 radical (unpaired) electrons. The Labute approximate surface area is 76.9 Å². The Balaban J connectivity index is 2.85. The highest BCUT2D eigenvalue weighted by molar-refractivity contribution is 7.81. The summed E-state index contributed by atoms with van der Waals surface area (Å²) in [5.74, 6) is -0.215. The van der Waals surface area contributed by atoms with Gasteiger partial charge >= 0.3 is 6.03 Å². The summed E-state index contributed by atoms with van der Waals surface area (Å²) in [7, 11) is 0. The van der Waals surface area contributed by atoms with E-state index >= 15 is 0 Å². The Morgan fingerprint density at radius 1 is 1.33 bits per heavy atom. The second kappa shape index (κ2) is 3.35. The van der Waals surface area contributed by atoms with Gasteiger partial charge in [0.2, 0.25) is 0 Å². The molecule has 1 aliphatic rings. The van der Waals surface area contributed by atoms with E-state index in [9.17, 15) is 9.59 Å². The van der Waals surface area contributed by atoms with Gasteiger partial charge in [-0.1, -0.05) is 0 Å². The van der Waals surface area contributed by atoms with Gasteiger partial charge < -0.3 is 4.90 Å². The SMILES string of the molecule is CCN1C(=O)C(S)N(CC)C1=O. The maximum absolute atomic E-state index is 11.4. The lowest BCUT2D eigenvalue weighted by molar-refractivity contribution is -0.126. The minimum atomic E-state index is -0.581. The smallest absolute Gasteiger partial charge is 0.304 e. The van der Waals surface area contributed by atoms with E-state index < -0.39 is 5.37 Å². The van der Waals surface area contributed by atoms with Crippen molar-refractivity contribution in [2.45, 2.75) is 19.2 Å². The van der Waals surface area contributed by atoms with Gasteiger partial charge in [-0.25, -0.2) is 4.79 Å². The maximum atomic E-state index is 11.4. The molecule has 12 heavy (non-hydrogen) atoms. The van der Waals surface area contributed by atoms with Crippen LogP contribution in [0.2, 0.25) is 0 Å². The largest absolute Gasteiger partial charge is 0.328 e. The molecule has 1 aliphatic heterocycles. The van der Waals surface area contributed by atoms with Gasteiger partial charge in [-0.3, -0.25) is 9.69 Å². The zero-order chi connectivity index (χ0) is 9.30. The third-order valence-corrected chi connectivity index (χ3v) is 2.42. The van der Waals surface area contributed by atoms with Crippen molar-refractivity contribution in [3.63, 3.8) is 0 Å². The van der Waals surface area contributed by atoms with Gasteiger partial charge in [0.05, 0.1) is 0 Å². The van der Waals surface area contributed by atoms with E-state index in [0.717, 1.165) is 0 Å². The lowest BCUT2D eigenvalue weighted by Crippen LogP contribution is -2.33. The molecule has 1 unspecified atom stereocenters. The number of hydrogen-bond acceptors (Lipinski definition) is 3. The van der Waals surface area contributed by atoms with Gasteiger partial charge in [-0.05, 0) is 13.8 Å². The number of amides is 3. The summed E-state index contributed by atoms with van der Waals surface area (Å²) < 4.78 is 0. The zero-order valence-corrected chi connectivity index (χ0v) is 8.04. The number of likely N-dealkylation sites (N-methyl/N-ethyl adjacent to an activating group) is 2. The first-order chi connectivity index (χ1) is 5.63. The quantitative estimate of drug-likeness (QED) is 0.508. The average molecular weight is 188 g/mol. The van der Waals surface area contributed by atoms with E-state index in [2.05, 4.69) is 12.6 Å². The van der Waals surface area contributed by atoms with E-state index in [1.54, 1.807) is 6.92 Å². The lowest BCUT2D eigenvalue weighted by Gasteiger charge is -2.14. The van der Waals surface area contributed by atoms with Crippen molar-refractivity contribution < 1.29 is 9.59 Å². The molecule has 0 aromatic carbocycles. The molecule has 0 saturated carbocycles. The molecular weight excluding hydrogens is 176 g/mol. The van der Waals surface area contributed by atoms with Gasteiger partial charge in [0.25, 0.3) is 5.91 Å². The second-order valence-corrected chi connectivity index (χ2v) is 3.01. The third-order valence-electron chi connectivity index (χ3n) is 1.92. The van der Waals surface area contributed by atoms with E-state index in [-0.39, 0.29) is 11.9 Å². The van der Waals surface area contributed by atoms with Crippen LogP contribution < -0.4 is 0 Å². The highest BCUT2D eigenvalue weighted by atomic mass is 32.1. The number of imide groups is 1. The van der Waals surface area contributed by atoms with Gasteiger partial charge in [-0.2, -0.15) is 0 Å². The predicted octanol–water partition coefficient (Wildman–Crippen LogP) is 0.546. The average Bonchev–Trinajstić information content (AvgIpc) is 2.25. The Kier molecular flexibility index (Phi) is 2.62. The fourth-order valence-electron chi connectivity index (χ4n) is 1.23. The summed E-state index contributed by atoms with van der Waals surface area (Å²) in [6, 6.07) is -0.231. The first-order valence-electron chi connectivity index (χ1n) is 3.93. The normalized spacial score (nSPS) is 24.1. The summed E-state index contributed by atoms with van der Waals surface area (Å²) in [4.78, 5) is 25.3. The summed E-state index contributed by atoms with van der Waals surface area (Å²) in [5.41, 5.74) is 0. The summed E-state index contributed by atoms with van der Waals surface area (Å²) in [6.45, 7) is 4.55. The molecule has 0 aromatic rings. The third kappa shape index (κ3) is 1.18. The first-order valence-corrected chi connectivity index (χ1v) is 4.45. The number of nitrogens with zero attached hydrogens (tertiary/aromatic N) is 2. The van der Waals surface area contributed by atoms with Gasteiger partial charge in [-0.15, -0.1) is 12.6 Å². The lowest BCUT2D eigenvalue weighted by atomic mass is 10.5. The first kappa shape index (κ1) is 9.38. The van der Waals surface area contributed by atoms with Crippen LogP contribution >= 0.6 is 12.6 Å². The zero-order valence-electron chi connectivity index (χ0n) is 7.15. The summed E-state index contributed by atoms with van der Waals surface area (Å²) in [5, 5.41) is -0.581. The van der Waals surface area contributed by atoms with Crippen LogP contribution in [0.25, 0.3) is 0 Å². The van der Waals surface area contributed by atoms with E-state index in [1.807, 2.05) is 6.92 Å². The van der Waals surface area contributed by atoms with Crippen molar-refractivity contribution in [2.75, 3.05) is 13.1 Å². The van der Waals surface area contributed by atoms with Crippen LogP contribution in [0.4, 0.5) is 4.79 Å². The van der Waals surface area contributed by atoms with E-state index in [0.29, 0.717) is 13.1 Å². The molecule has 68 valence electrons. The molecule has 1 fully saturated rings. The van der Waals surface area contributed by atoms with Crippen molar-refractivity contribution in [1.29, 1.82) is 0 Å². The van der Waals surface area contributed by atoms with Crippen LogP contribution in [0.5, 0.6) is 0 Å². The summed E-state index contributed by atoms with van der Waals surface area (Å²) >= 11 is 4.05. The topological polar surface area (TPSA) is 40.6 Å². The molecule has 1 atom stereocenters. The maximum Gasteiger partial charge on any atom is 0.328 e. The fraction of sp³-hybridized carbons (Fsp3) is 0.714. The molecule has 1 rings (SSSR count). The van der Waals surface area contributed by atoms with E-state index in [1.165, 1.54) is 9.80 Å². The molecule has 4 nitrogen and oxygen atoms in total. The minimum absolute atomic E-state index is 0.215. The summed E-state index contributed by atoms with van der Waals surface area (Å²) in [6.07, 6.45) is 0. The van der Waals surface area contributed by atoms with Crippen LogP contribution in [0.1, 0.15) is 13.8 Å². The van der Waals surface area contributed by atoms with Crippen LogP contribution in [0.15, 0.2) is 0 Å². The van der Waals surface area contributed by atoms with Crippen LogP contribution in [0.3, 0.4) is 0 Å². The van der Waals surface area contributed by atoms with Crippen molar-refractivity contribution in [1.82, 2.24) is 9.80 Å². The standard InChI is InChI=1S/C7H12N2O2S/c1-3-8-5(10)6(12)9(4-2)7(8)11/h6,12H,3-4H2,1-2H3. The minimum Gasteiger partial charge on any atom is -0.304 e. The predicted molar refractivity (Wildman–Crippen MR) is 47.9 cm³/mol. The highest BCUT2D eigenvalue weighted by Gasteiger charge is 2.41. The van der Waals surface area contributed by atoms with Gasteiger partial charge in [0, 0.05) is 13.1 Å². The molecule has 0 aliphatic carbocycles. The Morgan fingerprint density at radius 3 is 2.17 bits per heavy atom. The highest BCUT2D eigenvalue weighted by Crippen LogP contribution is 2.18. The van der Waals surface area contributed by atoms with Gasteiger partial charge in [0.1, 0.15) is 0 Å². The molecule has 0 N–H and O–H groups in total. The molecule has 0 spiro atoms. The number of rotatable bonds is 2. The molecule has 0 bridgehead atoms. The molecule has 3 amide bonds. The number of urea groups is 1. The number of hydrogen-bond donors (Lipinski definition) is 1.